The first-order valence-corrected chi connectivity index (χ1v) is 5.04. The first-order valence-electron chi connectivity index (χ1n) is 5.04. The summed E-state index contributed by atoms with van der Waals surface area (Å²) in [5, 5.41) is 3.60. The van der Waals surface area contributed by atoms with Crippen molar-refractivity contribution in [2.75, 3.05) is 6.54 Å². The number of rotatable bonds is 5. The Morgan fingerprint density at radius 2 is 1.88 bits per heavy atom. The molecule has 17 heavy (non-hydrogen) atoms. The van der Waals surface area contributed by atoms with Crippen LogP contribution >= 0.6 is 0 Å². The van der Waals surface area contributed by atoms with Crippen molar-refractivity contribution in [2.24, 2.45) is 10.9 Å². The quantitative estimate of drug-likeness (QED) is 0.641. The molecule has 0 saturated heterocycles. The summed E-state index contributed by atoms with van der Waals surface area (Å²) < 4.78 is 36.7. The highest BCUT2D eigenvalue weighted by Crippen LogP contribution is 2.29. The zero-order valence-corrected chi connectivity index (χ0v) is 9.07. The number of hydrogen-bond acceptors (Lipinski definition) is 3. The smallest absolute Gasteiger partial charge is 0.391 e. The molecule has 94 valence electrons. The second kappa shape index (κ2) is 6.24. The lowest BCUT2D eigenvalue weighted by molar-refractivity contribution is -0.137. The molecule has 0 spiro atoms. The van der Waals surface area contributed by atoms with Gasteiger partial charge < -0.3 is 10.6 Å². The molecule has 6 heteroatoms. The van der Waals surface area contributed by atoms with Crippen LogP contribution in [0.25, 0.3) is 0 Å². The third-order valence-corrected chi connectivity index (χ3v) is 1.96. The van der Waals surface area contributed by atoms with E-state index >= 15 is 0 Å². The fourth-order valence-corrected chi connectivity index (χ4v) is 1.08. The molecule has 0 atom stereocenters. The van der Waals surface area contributed by atoms with Gasteiger partial charge in [0.25, 0.3) is 0 Å². The van der Waals surface area contributed by atoms with Crippen LogP contribution in [0.4, 0.5) is 13.2 Å². The van der Waals surface area contributed by atoms with E-state index in [4.69, 9.17) is 10.6 Å². The lowest BCUT2D eigenvalue weighted by Crippen LogP contribution is -2.04. The zero-order valence-electron chi connectivity index (χ0n) is 9.07. The van der Waals surface area contributed by atoms with Crippen molar-refractivity contribution < 1.29 is 18.0 Å². The number of alkyl halides is 3. The molecule has 1 aromatic carbocycles. The van der Waals surface area contributed by atoms with Gasteiger partial charge >= 0.3 is 6.18 Å². The molecular weight excluding hydrogens is 233 g/mol. The van der Waals surface area contributed by atoms with Crippen LogP contribution in [-0.2, 0) is 17.6 Å². The molecule has 3 nitrogen and oxygen atoms in total. The van der Waals surface area contributed by atoms with E-state index in [2.05, 4.69) is 5.16 Å². The summed E-state index contributed by atoms with van der Waals surface area (Å²) in [6.07, 6.45) is -2.18. The van der Waals surface area contributed by atoms with Crippen molar-refractivity contribution in [1.29, 1.82) is 0 Å². The average molecular weight is 246 g/mol. The molecule has 0 aliphatic heterocycles. The van der Waals surface area contributed by atoms with Crippen LogP contribution in [0.15, 0.2) is 29.4 Å². The zero-order chi connectivity index (χ0) is 12.7. The van der Waals surface area contributed by atoms with E-state index in [1.807, 2.05) is 0 Å². The first kappa shape index (κ1) is 13.5. The first-order chi connectivity index (χ1) is 8.04. The summed E-state index contributed by atoms with van der Waals surface area (Å²) in [5.74, 6) is 0. The van der Waals surface area contributed by atoms with Gasteiger partial charge in [-0.25, -0.2) is 0 Å². The van der Waals surface area contributed by atoms with Gasteiger partial charge in [0.2, 0.25) is 0 Å². The number of oxime groups is 1. The van der Waals surface area contributed by atoms with Crippen LogP contribution in [0, 0.1) is 0 Å². The predicted molar refractivity (Wildman–Crippen MR) is 58.4 cm³/mol. The highest BCUT2D eigenvalue weighted by Gasteiger charge is 2.29. The Hall–Kier alpha value is -1.56. The summed E-state index contributed by atoms with van der Waals surface area (Å²) in [6.45, 7) is 0.617. The molecule has 2 N–H and O–H groups in total. The number of halogens is 3. The molecule has 1 aromatic rings. The molecule has 0 aliphatic rings. The van der Waals surface area contributed by atoms with E-state index in [0.717, 1.165) is 12.1 Å². The van der Waals surface area contributed by atoms with E-state index < -0.39 is 11.7 Å². The molecule has 0 aromatic heterocycles. The van der Waals surface area contributed by atoms with Gasteiger partial charge in [-0.1, -0.05) is 17.3 Å². The molecule has 0 amide bonds. The van der Waals surface area contributed by atoms with Gasteiger partial charge in [0, 0.05) is 6.21 Å². The Bertz CT molecular complexity index is 360. The van der Waals surface area contributed by atoms with E-state index in [-0.39, 0.29) is 6.61 Å². The Kier molecular flexibility index (Phi) is 4.96. The van der Waals surface area contributed by atoms with Crippen LogP contribution < -0.4 is 5.73 Å². The van der Waals surface area contributed by atoms with E-state index in [0.29, 0.717) is 18.5 Å². The Balaban J connectivity index is 2.46. The molecule has 0 aliphatic carbocycles. The van der Waals surface area contributed by atoms with Gasteiger partial charge in [-0.15, -0.1) is 0 Å². The highest BCUT2D eigenvalue weighted by atomic mass is 19.4. The minimum Gasteiger partial charge on any atom is -0.391 e. The average Bonchev–Trinajstić information content (AvgIpc) is 2.28. The molecular formula is C11H13F3N2O. The number of hydrogen-bond donors (Lipinski definition) is 1. The Morgan fingerprint density at radius 3 is 2.41 bits per heavy atom. The maximum atomic E-state index is 12.2. The largest absolute Gasteiger partial charge is 0.416 e. The maximum absolute atomic E-state index is 12.2. The summed E-state index contributed by atoms with van der Waals surface area (Å²) in [5.41, 5.74) is 5.18. The lowest BCUT2D eigenvalue weighted by atomic mass is 10.1. The number of nitrogens with zero attached hydrogens (tertiary/aromatic N) is 1. The molecule has 0 saturated carbocycles. The number of nitrogens with two attached hydrogens (primary N) is 1. The van der Waals surface area contributed by atoms with Gasteiger partial charge in [-0.2, -0.15) is 13.2 Å². The molecule has 0 fully saturated rings. The van der Waals surface area contributed by atoms with E-state index in [1.165, 1.54) is 18.3 Å². The van der Waals surface area contributed by atoms with Crippen LogP contribution in [0.1, 0.15) is 17.5 Å². The molecule has 1 rings (SSSR count). The van der Waals surface area contributed by atoms with Crippen molar-refractivity contribution in [3.63, 3.8) is 0 Å². The van der Waals surface area contributed by atoms with Crippen molar-refractivity contribution in [3.05, 3.63) is 35.4 Å². The summed E-state index contributed by atoms with van der Waals surface area (Å²) in [4.78, 5) is 4.88. The van der Waals surface area contributed by atoms with E-state index in [9.17, 15) is 13.2 Å². The molecule has 0 radical (unpaired) electrons. The van der Waals surface area contributed by atoms with Crippen LogP contribution in [-0.4, -0.2) is 12.8 Å². The lowest BCUT2D eigenvalue weighted by Gasteiger charge is -2.06. The van der Waals surface area contributed by atoms with Crippen molar-refractivity contribution in [2.45, 2.75) is 19.2 Å². The summed E-state index contributed by atoms with van der Waals surface area (Å²) in [7, 11) is 0. The van der Waals surface area contributed by atoms with Gasteiger partial charge in [-0.3, -0.25) is 0 Å². The van der Waals surface area contributed by atoms with Crippen molar-refractivity contribution in [1.82, 2.24) is 0 Å². The number of benzene rings is 1. The van der Waals surface area contributed by atoms with Crippen LogP contribution in [0.2, 0.25) is 0 Å². The van der Waals surface area contributed by atoms with Gasteiger partial charge in [-0.05, 0) is 30.7 Å². The third kappa shape index (κ3) is 4.86. The minimum absolute atomic E-state index is 0.138. The Labute approximate surface area is 97.1 Å². The highest BCUT2D eigenvalue weighted by molar-refractivity contribution is 5.56. The Morgan fingerprint density at radius 1 is 1.24 bits per heavy atom. The second-order valence-corrected chi connectivity index (χ2v) is 3.33. The maximum Gasteiger partial charge on any atom is 0.416 e. The standard InChI is InChI=1S/C11H13F3N2O/c12-11(13,14)10-4-2-9(3-5-10)8-17-16-7-1-6-15/h2-5,7H,1,6,8,15H2. The van der Waals surface area contributed by atoms with Gasteiger partial charge in [0.15, 0.2) is 0 Å². The fourth-order valence-electron chi connectivity index (χ4n) is 1.08. The topological polar surface area (TPSA) is 47.6 Å². The van der Waals surface area contributed by atoms with Crippen molar-refractivity contribution >= 4 is 6.21 Å². The van der Waals surface area contributed by atoms with E-state index in [1.54, 1.807) is 0 Å². The molecule has 0 unspecified atom stereocenters. The fraction of sp³-hybridized carbons (Fsp3) is 0.364. The predicted octanol–water partition coefficient (Wildman–Crippen LogP) is 2.56. The second-order valence-electron chi connectivity index (χ2n) is 3.33. The van der Waals surface area contributed by atoms with Crippen molar-refractivity contribution in [3.8, 4) is 0 Å². The monoisotopic (exact) mass is 246 g/mol. The molecule has 0 bridgehead atoms. The SMILES string of the molecule is NCCC=NOCc1ccc(C(F)(F)F)cc1. The van der Waals surface area contributed by atoms with Gasteiger partial charge in [0.05, 0.1) is 5.56 Å². The minimum atomic E-state index is -4.31. The van der Waals surface area contributed by atoms with Crippen LogP contribution in [0.3, 0.4) is 0 Å². The normalized spacial score (nSPS) is 12.0. The third-order valence-electron chi connectivity index (χ3n) is 1.96. The summed E-state index contributed by atoms with van der Waals surface area (Å²) >= 11 is 0. The summed E-state index contributed by atoms with van der Waals surface area (Å²) in [6, 6.07) is 4.76. The van der Waals surface area contributed by atoms with Crippen LogP contribution in [0.5, 0.6) is 0 Å². The van der Waals surface area contributed by atoms with Gasteiger partial charge in [0.1, 0.15) is 6.61 Å². The molecule has 0 heterocycles.